The fraction of sp³-hybridized carbons (Fsp3) is 0.500. The van der Waals surface area contributed by atoms with Crippen LogP contribution in [0.3, 0.4) is 0 Å². The van der Waals surface area contributed by atoms with Crippen LogP contribution in [0.4, 0.5) is 5.95 Å². The van der Waals surface area contributed by atoms with E-state index in [0.717, 1.165) is 42.7 Å². The molecule has 0 unspecified atom stereocenters. The van der Waals surface area contributed by atoms with Crippen molar-refractivity contribution in [3.8, 4) is 5.69 Å². The molecule has 7 nitrogen and oxygen atoms in total. The lowest BCUT2D eigenvalue weighted by molar-refractivity contribution is 0.587. The Morgan fingerprint density at radius 2 is 2.04 bits per heavy atom. The Kier molecular flexibility index (Phi) is 6.44. The van der Waals surface area contributed by atoms with Crippen LogP contribution in [0, 0.1) is 0 Å². The molecule has 1 aromatic heterocycles. The molecule has 0 amide bonds. The second kappa shape index (κ2) is 8.60. The highest BCUT2D eigenvalue weighted by Crippen LogP contribution is 2.29. The number of nitrogens with one attached hydrogen (secondary N) is 1. The number of anilines is 1. The molecule has 1 fully saturated rings. The predicted octanol–water partition coefficient (Wildman–Crippen LogP) is 2.55. The highest BCUT2D eigenvalue weighted by atomic mass is 35.5. The van der Waals surface area contributed by atoms with Gasteiger partial charge in [0.2, 0.25) is 16.0 Å². The zero-order valence-corrected chi connectivity index (χ0v) is 16.9. The topological polar surface area (TPSA) is 80.1 Å². The van der Waals surface area contributed by atoms with Crippen molar-refractivity contribution in [2.75, 3.05) is 36.5 Å². The number of halogens is 1. The third-order valence-corrected chi connectivity index (χ3v) is 6.87. The maximum Gasteiger partial charge on any atom is 0.232 e. The third kappa shape index (κ3) is 4.70. The molecule has 0 bridgehead atoms. The highest BCUT2D eigenvalue weighted by molar-refractivity contribution is 7.99. The molecule has 2 aromatic rings. The molecule has 3 rings (SSSR count). The summed E-state index contributed by atoms with van der Waals surface area (Å²) < 4.78 is 27.4. The largest absolute Gasteiger partial charge is 0.341 e. The van der Waals surface area contributed by atoms with E-state index in [-0.39, 0.29) is 5.75 Å². The summed E-state index contributed by atoms with van der Waals surface area (Å²) in [6, 6.07) is 7.60. The third-order valence-electron chi connectivity index (χ3n) is 4.17. The van der Waals surface area contributed by atoms with Crippen molar-refractivity contribution < 1.29 is 8.42 Å². The van der Waals surface area contributed by atoms with E-state index in [4.69, 9.17) is 11.6 Å². The average Bonchev–Trinajstić information content (AvgIpc) is 3.28. The molecule has 0 aliphatic carbocycles. The standard InChI is InChI=1S/C16H22ClN5O2S2/c1-18-26(23,24)11-5-10-25-16-20-19-15(21-8-2-3-9-21)22(16)14-7-4-6-13(17)12-14/h4,6-7,12,18H,2-3,5,8-11H2,1H3. The van der Waals surface area contributed by atoms with Crippen molar-refractivity contribution in [1.29, 1.82) is 0 Å². The molecular formula is C16H22ClN5O2S2. The minimum Gasteiger partial charge on any atom is -0.341 e. The summed E-state index contributed by atoms with van der Waals surface area (Å²) in [4.78, 5) is 2.23. The van der Waals surface area contributed by atoms with Crippen LogP contribution < -0.4 is 9.62 Å². The molecule has 1 N–H and O–H groups in total. The Bertz CT molecular complexity index is 850. The molecule has 1 saturated heterocycles. The lowest BCUT2D eigenvalue weighted by atomic mass is 10.3. The van der Waals surface area contributed by atoms with Crippen molar-refractivity contribution in [3.05, 3.63) is 29.3 Å². The first-order chi connectivity index (χ1) is 12.5. The molecule has 1 aliphatic heterocycles. The van der Waals surface area contributed by atoms with Crippen molar-refractivity contribution >= 4 is 39.3 Å². The van der Waals surface area contributed by atoms with Crippen LogP contribution in [-0.4, -0.2) is 54.8 Å². The summed E-state index contributed by atoms with van der Waals surface area (Å²) in [5.74, 6) is 1.55. The van der Waals surface area contributed by atoms with Gasteiger partial charge in [-0.15, -0.1) is 10.2 Å². The number of thioether (sulfide) groups is 1. The van der Waals surface area contributed by atoms with Crippen LogP contribution in [-0.2, 0) is 10.0 Å². The van der Waals surface area contributed by atoms with Crippen LogP contribution in [0.5, 0.6) is 0 Å². The van der Waals surface area contributed by atoms with E-state index in [2.05, 4.69) is 19.8 Å². The molecule has 0 radical (unpaired) electrons. The van der Waals surface area contributed by atoms with Gasteiger partial charge in [-0.05, 0) is 44.5 Å². The van der Waals surface area contributed by atoms with Gasteiger partial charge in [0.15, 0.2) is 5.16 Å². The van der Waals surface area contributed by atoms with Crippen LogP contribution >= 0.6 is 23.4 Å². The zero-order valence-electron chi connectivity index (χ0n) is 14.6. The Hall–Kier alpha value is -1.29. The molecule has 0 atom stereocenters. The maximum absolute atomic E-state index is 11.5. The Morgan fingerprint density at radius 3 is 2.73 bits per heavy atom. The Labute approximate surface area is 163 Å². The van der Waals surface area contributed by atoms with Crippen LogP contribution in [0.15, 0.2) is 29.4 Å². The first kappa shape index (κ1) is 19.5. The van der Waals surface area contributed by atoms with Crippen molar-refractivity contribution in [3.63, 3.8) is 0 Å². The molecule has 1 aliphatic rings. The van der Waals surface area contributed by atoms with Gasteiger partial charge in [0.05, 0.1) is 11.4 Å². The number of benzene rings is 1. The first-order valence-corrected chi connectivity index (χ1v) is 11.5. The summed E-state index contributed by atoms with van der Waals surface area (Å²) in [5, 5.41) is 10.1. The predicted molar refractivity (Wildman–Crippen MR) is 106 cm³/mol. The van der Waals surface area contributed by atoms with Gasteiger partial charge in [-0.1, -0.05) is 29.4 Å². The smallest absolute Gasteiger partial charge is 0.232 e. The Morgan fingerprint density at radius 1 is 1.27 bits per heavy atom. The lowest BCUT2D eigenvalue weighted by Crippen LogP contribution is -2.22. The number of nitrogens with zero attached hydrogens (tertiary/aromatic N) is 4. The fourth-order valence-corrected chi connectivity index (χ4v) is 4.82. The van der Waals surface area contributed by atoms with E-state index >= 15 is 0 Å². The van der Waals surface area contributed by atoms with Gasteiger partial charge in [-0.3, -0.25) is 4.57 Å². The molecule has 142 valence electrons. The zero-order chi connectivity index (χ0) is 18.6. The molecule has 2 heterocycles. The monoisotopic (exact) mass is 415 g/mol. The molecule has 0 spiro atoms. The number of hydrogen-bond acceptors (Lipinski definition) is 6. The summed E-state index contributed by atoms with van der Waals surface area (Å²) >= 11 is 7.68. The first-order valence-electron chi connectivity index (χ1n) is 8.50. The molecule has 10 heteroatoms. The minimum atomic E-state index is -3.18. The van der Waals surface area contributed by atoms with Gasteiger partial charge in [0.1, 0.15) is 0 Å². The van der Waals surface area contributed by atoms with Crippen LogP contribution in [0.25, 0.3) is 5.69 Å². The number of hydrogen-bond donors (Lipinski definition) is 1. The van der Waals surface area contributed by atoms with E-state index in [9.17, 15) is 8.42 Å². The van der Waals surface area contributed by atoms with Crippen LogP contribution in [0.1, 0.15) is 19.3 Å². The van der Waals surface area contributed by atoms with Crippen molar-refractivity contribution in [2.24, 2.45) is 0 Å². The number of sulfonamides is 1. The van der Waals surface area contributed by atoms with Crippen LogP contribution in [0.2, 0.25) is 5.02 Å². The second-order valence-corrected chi connectivity index (χ2v) is 9.56. The second-order valence-electron chi connectivity index (χ2n) is 6.02. The fourth-order valence-electron chi connectivity index (χ4n) is 2.83. The molecule has 0 saturated carbocycles. The van der Waals surface area contributed by atoms with E-state index < -0.39 is 10.0 Å². The lowest BCUT2D eigenvalue weighted by Gasteiger charge is -2.18. The quantitative estimate of drug-likeness (QED) is 0.527. The summed E-state index contributed by atoms with van der Waals surface area (Å²) in [6.45, 7) is 1.92. The van der Waals surface area contributed by atoms with Gasteiger partial charge in [-0.25, -0.2) is 13.1 Å². The molecule has 1 aromatic carbocycles. The number of aromatic nitrogens is 3. The Balaban J connectivity index is 1.81. The van der Waals surface area contributed by atoms with Gasteiger partial charge >= 0.3 is 0 Å². The summed E-state index contributed by atoms with van der Waals surface area (Å²) in [6.07, 6.45) is 2.83. The molecular weight excluding hydrogens is 394 g/mol. The van der Waals surface area contributed by atoms with Crippen molar-refractivity contribution in [2.45, 2.75) is 24.4 Å². The van der Waals surface area contributed by atoms with Gasteiger partial charge in [0.25, 0.3) is 0 Å². The number of rotatable bonds is 8. The van der Waals surface area contributed by atoms with Gasteiger partial charge in [0, 0.05) is 23.9 Å². The summed E-state index contributed by atoms with van der Waals surface area (Å²) in [5.41, 5.74) is 0.912. The van der Waals surface area contributed by atoms with Gasteiger partial charge < -0.3 is 4.90 Å². The maximum atomic E-state index is 11.5. The van der Waals surface area contributed by atoms with E-state index in [1.54, 1.807) is 0 Å². The minimum absolute atomic E-state index is 0.0980. The van der Waals surface area contributed by atoms with E-state index in [1.165, 1.54) is 18.8 Å². The van der Waals surface area contributed by atoms with E-state index in [0.29, 0.717) is 17.2 Å². The normalized spacial score (nSPS) is 14.9. The average molecular weight is 416 g/mol. The highest BCUT2D eigenvalue weighted by Gasteiger charge is 2.22. The van der Waals surface area contributed by atoms with Crippen molar-refractivity contribution in [1.82, 2.24) is 19.5 Å². The molecule has 26 heavy (non-hydrogen) atoms. The van der Waals surface area contributed by atoms with Gasteiger partial charge in [-0.2, -0.15) is 0 Å². The van der Waals surface area contributed by atoms with E-state index in [1.807, 2.05) is 28.8 Å². The SMILES string of the molecule is CNS(=O)(=O)CCCSc1nnc(N2CCCC2)n1-c1cccc(Cl)c1. The summed E-state index contributed by atoms with van der Waals surface area (Å²) in [7, 11) is -1.75.